The zero-order valence-corrected chi connectivity index (χ0v) is 16.9. The lowest BCUT2D eigenvalue weighted by molar-refractivity contribution is 0.232. The number of pyridine rings is 1. The third-order valence-corrected chi connectivity index (χ3v) is 3.08. The molecule has 1 aromatic carbocycles. The third kappa shape index (κ3) is 6.74. The Morgan fingerprint density at radius 1 is 1.21 bits per heavy atom. The minimum Gasteiger partial charge on any atom is -0.475 e. The van der Waals surface area contributed by atoms with E-state index in [1.54, 1.807) is 6.20 Å². The molecule has 2 rings (SSSR count). The monoisotopic (exact) mass is 440 g/mol. The van der Waals surface area contributed by atoms with Gasteiger partial charge in [-0.2, -0.15) is 0 Å². The Morgan fingerprint density at radius 2 is 1.88 bits per heavy atom. The first-order chi connectivity index (χ1) is 10.9. The van der Waals surface area contributed by atoms with Crippen molar-refractivity contribution in [3.8, 4) is 5.88 Å². The first-order valence-electron chi connectivity index (χ1n) is 7.69. The van der Waals surface area contributed by atoms with Crippen LogP contribution < -0.4 is 15.8 Å². The van der Waals surface area contributed by atoms with Gasteiger partial charge in [-0.3, -0.25) is 0 Å². The van der Waals surface area contributed by atoms with Crippen molar-refractivity contribution in [2.75, 3.05) is 5.32 Å². The number of aryl methyl sites for hydroxylation is 2. The minimum atomic E-state index is 0. The summed E-state index contributed by atoms with van der Waals surface area (Å²) in [5.41, 5.74) is 10.2. The van der Waals surface area contributed by atoms with Gasteiger partial charge in [0.15, 0.2) is 5.96 Å². The Hall–Kier alpha value is -1.83. The molecule has 0 aliphatic carbocycles. The number of nitrogens with zero attached hydrogens (tertiary/aromatic N) is 2. The Balaban J connectivity index is 0.00000288. The van der Waals surface area contributed by atoms with Crippen LogP contribution in [-0.2, 0) is 6.54 Å². The molecule has 0 fully saturated rings. The third-order valence-electron chi connectivity index (χ3n) is 3.08. The first kappa shape index (κ1) is 20.2. The van der Waals surface area contributed by atoms with E-state index in [4.69, 9.17) is 10.5 Å². The Kier molecular flexibility index (Phi) is 7.97. The zero-order valence-electron chi connectivity index (χ0n) is 14.5. The van der Waals surface area contributed by atoms with E-state index in [1.807, 2.05) is 38.1 Å². The molecule has 0 spiro atoms. The lowest BCUT2D eigenvalue weighted by Gasteiger charge is -2.09. The number of ether oxygens (including phenoxy) is 1. The molecule has 130 valence electrons. The van der Waals surface area contributed by atoms with Crippen LogP contribution in [0.15, 0.2) is 41.5 Å². The highest BCUT2D eigenvalue weighted by molar-refractivity contribution is 14.0. The van der Waals surface area contributed by atoms with Gasteiger partial charge >= 0.3 is 0 Å². The molecule has 1 aromatic heterocycles. The van der Waals surface area contributed by atoms with Crippen molar-refractivity contribution in [1.29, 1.82) is 0 Å². The summed E-state index contributed by atoms with van der Waals surface area (Å²) in [6.07, 6.45) is 1.87. The topological polar surface area (TPSA) is 72.5 Å². The molecule has 0 saturated carbocycles. The molecule has 5 nitrogen and oxygen atoms in total. The van der Waals surface area contributed by atoms with E-state index >= 15 is 0 Å². The lowest BCUT2D eigenvalue weighted by atomic mass is 10.1. The van der Waals surface area contributed by atoms with Crippen molar-refractivity contribution in [1.82, 2.24) is 4.98 Å². The Morgan fingerprint density at radius 3 is 2.42 bits per heavy atom. The molecule has 0 bridgehead atoms. The summed E-state index contributed by atoms with van der Waals surface area (Å²) in [5, 5.41) is 3.11. The van der Waals surface area contributed by atoms with Gasteiger partial charge in [0.1, 0.15) is 0 Å². The average Bonchev–Trinajstić information content (AvgIpc) is 2.45. The van der Waals surface area contributed by atoms with Gasteiger partial charge in [0.25, 0.3) is 0 Å². The van der Waals surface area contributed by atoms with E-state index < -0.39 is 0 Å². The molecule has 0 atom stereocenters. The van der Waals surface area contributed by atoms with Gasteiger partial charge in [0.05, 0.1) is 12.6 Å². The molecule has 0 radical (unpaired) electrons. The number of halogens is 1. The summed E-state index contributed by atoms with van der Waals surface area (Å²) in [4.78, 5) is 8.59. The second kappa shape index (κ2) is 9.46. The molecule has 0 saturated heterocycles. The molecule has 0 amide bonds. The van der Waals surface area contributed by atoms with Gasteiger partial charge in [-0.1, -0.05) is 12.1 Å². The number of hydrogen-bond donors (Lipinski definition) is 2. The minimum absolute atomic E-state index is 0. The number of nitrogens with one attached hydrogen (secondary N) is 1. The molecule has 2 aromatic rings. The summed E-state index contributed by atoms with van der Waals surface area (Å²) in [5.74, 6) is 1.01. The van der Waals surface area contributed by atoms with E-state index in [9.17, 15) is 0 Å². The molecule has 0 unspecified atom stereocenters. The number of anilines is 1. The number of guanidine groups is 1. The van der Waals surface area contributed by atoms with Gasteiger partial charge in [-0.05, 0) is 56.5 Å². The molecule has 3 N–H and O–H groups in total. The smallest absolute Gasteiger partial charge is 0.213 e. The van der Waals surface area contributed by atoms with Gasteiger partial charge < -0.3 is 15.8 Å². The van der Waals surface area contributed by atoms with Crippen LogP contribution in [-0.4, -0.2) is 17.0 Å². The SMILES string of the molecule is Cc1cc(C)cc(NC(N)=NCc2ccc(OC(C)C)nc2)c1.I. The number of hydrogen-bond acceptors (Lipinski definition) is 3. The molecular formula is C18H25IN4O. The van der Waals surface area contributed by atoms with Gasteiger partial charge in [-0.25, -0.2) is 9.98 Å². The molecule has 0 aliphatic heterocycles. The number of benzene rings is 1. The number of rotatable bonds is 5. The van der Waals surface area contributed by atoms with Crippen molar-refractivity contribution >= 4 is 35.6 Å². The van der Waals surface area contributed by atoms with Crippen molar-refractivity contribution in [3.63, 3.8) is 0 Å². The first-order valence-corrected chi connectivity index (χ1v) is 7.69. The van der Waals surface area contributed by atoms with Crippen molar-refractivity contribution in [2.45, 2.75) is 40.3 Å². The highest BCUT2D eigenvalue weighted by Crippen LogP contribution is 2.14. The highest BCUT2D eigenvalue weighted by Gasteiger charge is 2.01. The van der Waals surface area contributed by atoms with Gasteiger partial charge in [0, 0.05) is 18.0 Å². The largest absolute Gasteiger partial charge is 0.475 e. The van der Waals surface area contributed by atoms with Crippen LogP contribution in [0.5, 0.6) is 5.88 Å². The average molecular weight is 440 g/mol. The number of aromatic nitrogens is 1. The van der Waals surface area contributed by atoms with E-state index in [0.29, 0.717) is 18.4 Å². The van der Waals surface area contributed by atoms with Crippen LogP contribution in [0.1, 0.15) is 30.5 Å². The van der Waals surface area contributed by atoms with E-state index in [0.717, 1.165) is 11.3 Å². The molecular weight excluding hydrogens is 415 g/mol. The summed E-state index contributed by atoms with van der Waals surface area (Å²) in [6.45, 7) is 8.52. The molecule has 6 heteroatoms. The fourth-order valence-electron chi connectivity index (χ4n) is 2.23. The maximum absolute atomic E-state index is 5.94. The molecule has 0 aliphatic rings. The number of nitrogens with two attached hydrogens (primary N) is 1. The van der Waals surface area contributed by atoms with Crippen molar-refractivity contribution in [2.24, 2.45) is 10.7 Å². The van der Waals surface area contributed by atoms with Crippen molar-refractivity contribution in [3.05, 3.63) is 53.2 Å². The maximum Gasteiger partial charge on any atom is 0.213 e. The quantitative estimate of drug-likeness (QED) is 0.419. The summed E-state index contributed by atoms with van der Waals surface area (Å²) >= 11 is 0. The van der Waals surface area contributed by atoms with Crippen LogP contribution in [0.4, 0.5) is 5.69 Å². The summed E-state index contributed by atoms with van der Waals surface area (Å²) < 4.78 is 5.51. The van der Waals surface area contributed by atoms with Gasteiger partial charge in [-0.15, -0.1) is 24.0 Å². The van der Waals surface area contributed by atoms with Crippen molar-refractivity contribution < 1.29 is 4.74 Å². The summed E-state index contributed by atoms with van der Waals surface area (Å²) in [7, 11) is 0. The van der Waals surface area contributed by atoms with E-state index in [2.05, 4.69) is 35.2 Å². The van der Waals surface area contributed by atoms with Crippen LogP contribution in [0.25, 0.3) is 0 Å². The molecule has 24 heavy (non-hydrogen) atoms. The summed E-state index contributed by atoms with van der Waals surface area (Å²) in [6, 6.07) is 9.98. The van der Waals surface area contributed by atoms with Crippen LogP contribution >= 0.6 is 24.0 Å². The fraction of sp³-hybridized carbons (Fsp3) is 0.333. The van der Waals surface area contributed by atoms with Crippen LogP contribution in [0.3, 0.4) is 0 Å². The second-order valence-electron chi connectivity index (χ2n) is 5.87. The predicted molar refractivity (Wildman–Crippen MR) is 110 cm³/mol. The Bertz CT molecular complexity index is 664. The normalized spacial score (nSPS) is 11.1. The van der Waals surface area contributed by atoms with E-state index in [1.165, 1.54) is 11.1 Å². The van der Waals surface area contributed by atoms with Gasteiger partial charge in [0.2, 0.25) is 5.88 Å². The Labute approximate surface area is 160 Å². The predicted octanol–water partition coefficient (Wildman–Crippen LogP) is 4.03. The second-order valence-corrected chi connectivity index (χ2v) is 5.87. The highest BCUT2D eigenvalue weighted by atomic mass is 127. The fourth-order valence-corrected chi connectivity index (χ4v) is 2.23. The maximum atomic E-state index is 5.94. The van der Waals surface area contributed by atoms with Crippen LogP contribution in [0, 0.1) is 13.8 Å². The zero-order chi connectivity index (χ0) is 16.8. The number of aliphatic imine (C=N–C) groups is 1. The van der Waals surface area contributed by atoms with E-state index in [-0.39, 0.29) is 30.1 Å². The van der Waals surface area contributed by atoms with Crippen LogP contribution in [0.2, 0.25) is 0 Å². The standard InChI is InChI=1S/C18H24N4O.HI/c1-12(2)23-17-6-5-15(10-20-17)11-21-18(19)22-16-8-13(3)7-14(4)9-16;/h5-10,12H,11H2,1-4H3,(H3,19,21,22);1H. The lowest BCUT2D eigenvalue weighted by Crippen LogP contribution is -2.22. The molecule has 1 heterocycles.